The van der Waals surface area contributed by atoms with Crippen LogP contribution in [0, 0.1) is 0 Å². The van der Waals surface area contributed by atoms with E-state index in [1.165, 1.54) is 51.8 Å². The summed E-state index contributed by atoms with van der Waals surface area (Å²) in [5.74, 6) is 0. The molecule has 0 amide bonds. The Bertz CT molecular complexity index is 1060. The summed E-state index contributed by atoms with van der Waals surface area (Å²) in [6, 6.07) is 11.9. The normalized spacial score (nSPS) is 20.9. The molecule has 1 fully saturated rings. The molecule has 238 valence electrons. The lowest BCUT2D eigenvalue weighted by atomic mass is 9.98. The predicted molar refractivity (Wildman–Crippen MR) is 192 cm³/mol. The van der Waals surface area contributed by atoms with Crippen LogP contribution in [0.15, 0.2) is 100 Å². The van der Waals surface area contributed by atoms with Gasteiger partial charge in [0.1, 0.15) is 0 Å². The molecule has 2 heteroatoms. The zero-order valence-electron chi connectivity index (χ0n) is 29.5. The standard InChI is InChI=1S/C41H64N2/c1-11-42-39(30-36(9)26-18-24-34(7)22-16-20-32(3)4)40(43(12-2)41(42)38-28-14-13-15-29-38)31-37(10)27-19-25-35(8)23-17-21-33(5)6/h13-15,20-21,24-25,28-31,39-41H,11-12,16-19,22-23,26-27H2,1-10H3/b34-24+,35-25+,36-30+,37-31+. The molecule has 43 heavy (non-hydrogen) atoms. The number of rotatable bonds is 17. The molecule has 1 aromatic rings. The lowest BCUT2D eigenvalue weighted by Gasteiger charge is -2.31. The summed E-state index contributed by atoms with van der Waals surface area (Å²) in [4.78, 5) is 5.45. The molecule has 2 nitrogen and oxygen atoms in total. The van der Waals surface area contributed by atoms with Gasteiger partial charge >= 0.3 is 0 Å². The van der Waals surface area contributed by atoms with Crippen LogP contribution < -0.4 is 0 Å². The molecule has 1 aliphatic rings. The van der Waals surface area contributed by atoms with Gasteiger partial charge in [0.05, 0.1) is 6.17 Å². The van der Waals surface area contributed by atoms with Crippen LogP contribution in [-0.4, -0.2) is 35.0 Å². The first-order chi connectivity index (χ1) is 20.6. The van der Waals surface area contributed by atoms with Gasteiger partial charge in [0.25, 0.3) is 0 Å². The van der Waals surface area contributed by atoms with Gasteiger partial charge in [0, 0.05) is 12.1 Å². The van der Waals surface area contributed by atoms with E-state index in [0.717, 1.165) is 51.6 Å². The summed E-state index contributed by atoms with van der Waals surface area (Å²) in [7, 11) is 0. The van der Waals surface area contributed by atoms with Gasteiger partial charge in [-0.05, 0) is 125 Å². The molecule has 1 aromatic carbocycles. The molecule has 0 aromatic heterocycles. The molecule has 0 N–H and O–H groups in total. The Labute approximate surface area is 267 Å². The average Bonchev–Trinajstić information content (AvgIpc) is 3.24. The molecule has 1 aliphatic heterocycles. The SMILES string of the molecule is CCN1C(/C=C(\C)CC/C=C(\C)CCC=C(C)C)C(/C=C(\C)CC/C=C(\C)CCC=C(C)C)N(CC)C1c1ccccc1. The maximum Gasteiger partial charge on any atom is 0.0897 e. The number of nitrogens with zero attached hydrogens (tertiary/aromatic N) is 2. The molecule has 0 bridgehead atoms. The second-order valence-corrected chi connectivity index (χ2v) is 13.3. The van der Waals surface area contributed by atoms with Crippen molar-refractivity contribution in [2.45, 2.75) is 139 Å². The van der Waals surface area contributed by atoms with Crippen molar-refractivity contribution in [3.05, 3.63) is 106 Å². The first kappa shape index (κ1) is 36.8. The Hall–Kier alpha value is -2.42. The minimum Gasteiger partial charge on any atom is -0.276 e. The first-order valence-corrected chi connectivity index (χ1v) is 17.1. The van der Waals surface area contributed by atoms with E-state index >= 15 is 0 Å². The van der Waals surface area contributed by atoms with Crippen LogP contribution in [-0.2, 0) is 0 Å². The number of hydrogen-bond acceptors (Lipinski definition) is 2. The van der Waals surface area contributed by atoms with E-state index in [1.807, 2.05) is 0 Å². The fraction of sp³-hybridized carbons (Fsp3) is 0.561. The molecule has 0 radical (unpaired) electrons. The lowest BCUT2D eigenvalue weighted by Crippen LogP contribution is -2.35. The van der Waals surface area contributed by atoms with E-state index in [2.05, 4.69) is 146 Å². The second-order valence-electron chi connectivity index (χ2n) is 13.3. The maximum atomic E-state index is 2.73. The summed E-state index contributed by atoms with van der Waals surface area (Å²) >= 11 is 0. The Morgan fingerprint density at radius 2 is 0.907 bits per heavy atom. The lowest BCUT2D eigenvalue weighted by molar-refractivity contribution is 0.133. The van der Waals surface area contributed by atoms with Crippen molar-refractivity contribution in [3.63, 3.8) is 0 Å². The molecular formula is C41H64N2. The van der Waals surface area contributed by atoms with E-state index in [0.29, 0.717) is 18.2 Å². The third kappa shape index (κ3) is 13.0. The number of likely N-dealkylation sites (N-methyl/N-ethyl adjacent to an activating group) is 2. The van der Waals surface area contributed by atoms with Gasteiger partial charge in [-0.15, -0.1) is 0 Å². The zero-order chi connectivity index (χ0) is 31.8. The second kappa shape index (κ2) is 19.8. The van der Waals surface area contributed by atoms with E-state index in [4.69, 9.17) is 0 Å². The Kier molecular flexibility index (Phi) is 16.9. The van der Waals surface area contributed by atoms with Crippen molar-refractivity contribution in [1.82, 2.24) is 9.80 Å². The molecular weight excluding hydrogens is 520 g/mol. The highest BCUT2D eigenvalue weighted by Crippen LogP contribution is 2.39. The van der Waals surface area contributed by atoms with Crippen molar-refractivity contribution in [3.8, 4) is 0 Å². The van der Waals surface area contributed by atoms with Crippen LogP contribution in [0.25, 0.3) is 0 Å². The Balaban J connectivity index is 2.26. The van der Waals surface area contributed by atoms with E-state index < -0.39 is 0 Å². The third-order valence-corrected chi connectivity index (χ3v) is 8.73. The van der Waals surface area contributed by atoms with Gasteiger partial charge in [-0.1, -0.05) is 114 Å². The predicted octanol–water partition coefficient (Wildman–Crippen LogP) is 11.9. The van der Waals surface area contributed by atoms with Gasteiger partial charge in [-0.2, -0.15) is 0 Å². The minimum atomic E-state index is 0.300. The van der Waals surface area contributed by atoms with Gasteiger partial charge < -0.3 is 0 Å². The van der Waals surface area contributed by atoms with Crippen molar-refractivity contribution < 1.29 is 0 Å². The highest BCUT2D eigenvalue weighted by molar-refractivity contribution is 5.27. The van der Waals surface area contributed by atoms with Crippen molar-refractivity contribution >= 4 is 0 Å². The topological polar surface area (TPSA) is 6.48 Å². The monoisotopic (exact) mass is 585 g/mol. The largest absolute Gasteiger partial charge is 0.276 e. The number of allylic oxidation sites excluding steroid dienone is 10. The summed E-state index contributed by atoms with van der Waals surface area (Å²) < 4.78 is 0. The Morgan fingerprint density at radius 1 is 0.535 bits per heavy atom. The first-order valence-electron chi connectivity index (χ1n) is 17.1. The molecule has 2 atom stereocenters. The van der Waals surface area contributed by atoms with Crippen molar-refractivity contribution in [2.24, 2.45) is 0 Å². The van der Waals surface area contributed by atoms with E-state index in [1.54, 1.807) is 0 Å². The minimum absolute atomic E-state index is 0.300. The molecule has 0 spiro atoms. The average molecular weight is 585 g/mol. The smallest absolute Gasteiger partial charge is 0.0897 e. The van der Waals surface area contributed by atoms with Crippen LogP contribution >= 0.6 is 0 Å². The highest BCUT2D eigenvalue weighted by Gasteiger charge is 2.44. The zero-order valence-corrected chi connectivity index (χ0v) is 29.5. The van der Waals surface area contributed by atoms with Crippen LogP contribution in [0.4, 0.5) is 0 Å². The molecule has 0 aliphatic carbocycles. The third-order valence-electron chi connectivity index (χ3n) is 8.73. The fourth-order valence-electron chi connectivity index (χ4n) is 6.30. The quantitative estimate of drug-likeness (QED) is 0.168. The summed E-state index contributed by atoms with van der Waals surface area (Å²) in [5.41, 5.74) is 10.3. The van der Waals surface area contributed by atoms with E-state index in [-0.39, 0.29) is 0 Å². The fourth-order valence-corrected chi connectivity index (χ4v) is 6.30. The van der Waals surface area contributed by atoms with Gasteiger partial charge in [-0.3, -0.25) is 9.80 Å². The summed E-state index contributed by atoms with van der Waals surface area (Å²) in [6.45, 7) is 24.8. The number of hydrogen-bond donors (Lipinski definition) is 0. The summed E-state index contributed by atoms with van der Waals surface area (Å²) in [5, 5.41) is 0. The van der Waals surface area contributed by atoms with Gasteiger partial charge in [0.15, 0.2) is 0 Å². The highest BCUT2D eigenvalue weighted by atomic mass is 15.4. The van der Waals surface area contributed by atoms with Crippen LogP contribution in [0.5, 0.6) is 0 Å². The van der Waals surface area contributed by atoms with Gasteiger partial charge in [0.2, 0.25) is 0 Å². The molecule has 2 unspecified atom stereocenters. The molecule has 0 saturated carbocycles. The Morgan fingerprint density at radius 3 is 1.28 bits per heavy atom. The van der Waals surface area contributed by atoms with Crippen LogP contribution in [0.1, 0.15) is 132 Å². The molecule has 2 rings (SSSR count). The van der Waals surface area contributed by atoms with Crippen molar-refractivity contribution in [2.75, 3.05) is 13.1 Å². The molecule has 1 saturated heterocycles. The maximum absolute atomic E-state index is 2.73. The van der Waals surface area contributed by atoms with Crippen LogP contribution in [0.2, 0.25) is 0 Å². The van der Waals surface area contributed by atoms with Crippen molar-refractivity contribution in [1.29, 1.82) is 0 Å². The van der Waals surface area contributed by atoms with Gasteiger partial charge in [-0.25, -0.2) is 0 Å². The number of benzene rings is 1. The van der Waals surface area contributed by atoms with E-state index in [9.17, 15) is 0 Å². The summed E-state index contributed by atoms with van der Waals surface area (Å²) in [6.07, 6.45) is 24.3. The molecule has 1 heterocycles. The van der Waals surface area contributed by atoms with Crippen LogP contribution in [0.3, 0.4) is 0 Å².